The van der Waals surface area contributed by atoms with E-state index in [2.05, 4.69) is 178 Å². The van der Waals surface area contributed by atoms with Crippen LogP contribution in [-0.2, 0) is 12.8 Å². The van der Waals surface area contributed by atoms with Crippen LogP contribution in [0.1, 0.15) is 48.9 Å². The number of para-hydroxylation sites is 1. The lowest BCUT2D eigenvalue weighted by Crippen LogP contribution is -2.01. The molecular weight excluding hydrogens is 593 g/mol. The Balaban J connectivity index is 1.37. The molecule has 0 saturated heterocycles. The van der Waals surface area contributed by atoms with Crippen LogP contribution in [0.2, 0.25) is 0 Å². The highest BCUT2D eigenvalue weighted by Crippen LogP contribution is 2.36. The minimum absolute atomic E-state index is 0.938. The Hall–Kier alpha value is -5.47. The highest BCUT2D eigenvalue weighted by atomic mass is 15.1. The van der Waals surface area contributed by atoms with Gasteiger partial charge in [0.25, 0.3) is 0 Å². The average Bonchev–Trinajstić information content (AvgIpc) is 3.58. The summed E-state index contributed by atoms with van der Waals surface area (Å²) in [6.07, 6.45) is 6.70. The lowest BCUT2D eigenvalue weighted by Gasteiger charge is -2.15. The van der Waals surface area contributed by atoms with Gasteiger partial charge in [-0.15, -0.1) is 0 Å². The van der Waals surface area contributed by atoms with E-state index in [1.807, 2.05) is 0 Å². The van der Waals surface area contributed by atoms with Gasteiger partial charge in [-0.25, -0.2) is 4.98 Å². The largest absolute Gasteiger partial charge is 0.299 e. The number of rotatable bonds is 10. The van der Waals surface area contributed by atoms with Gasteiger partial charge in [0, 0.05) is 17.3 Å². The number of benzene rings is 6. The maximum absolute atomic E-state index is 5.28. The van der Waals surface area contributed by atoms with Crippen molar-refractivity contribution in [2.45, 2.75) is 53.4 Å². The predicted molar refractivity (Wildman–Crippen MR) is 208 cm³/mol. The fourth-order valence-corrected chi connectivity index (χ4v) is 6.96. The van der Waals surface area contributed by atoms with Crippen molar-refractivity contribution in [3.63, 3.8) is 0 Å². The van der Waals surface area contributed by atoms with Gasteiger partial charge in [-0.1, -0.05) is 142 Å². The predicted octanol–water partition coefficient (Wildman–Crippen LogP) is 12.7. The smallest absolute Gasteiger partial charge is 0.145 e. The number of aromatic nitrogens is 2. The lowest BCUT2D eigenvalue weighted by molar-refractivity contribution is 0.922. The summed E-state index contributed by atoms with van der Waals surface area (Å²) in [4.78, 5) is 5.28. The second kappa shape index (κ2) is 14.3. The quantitative estimate of drug-likeness (QED) is 0.146. The Labute approximate surface area is 291 Å². The Morgan fingerprint density at radius 1 is 0.449 bits per heavy atom. The molecule has 6 aromatic carbocycles. The molecule has 0 radical (unpaired) electrons. The normalized spacial score (nSPS) is 11.2. The zero-order valence-corrected chi connectivity index (χ0v) is 29.1. The summed E-state index contributed by atoms with van der Waals surface area (Å²) in [7, 11) is 0. The maximum Gasteiger partial charge on any atom is 0.145 e. The standard InChI is InChI=1S/C47H44N2/c1-5-12-35-20-24-37(25-21-35)42-29-43(38-26-22-36(13-6-2)23-27-38)31-44(30-42)40-18-11-19-41(28-40)47-48-45(39-16-8-7-9-17-39)32-49(47)46-33(3)14-10-15-34(46)4/h7-11,14-32H,5-6,12-13H2,1-4H3. The molecule has 0 aliphatic rings. The highest BCUT2D eigenvalue weighted by Gasteiger charge is 2.17. The maximum atomic E-state index is 5.28. The van der Waals surface area contributed by atoms with Crippen LogP contribution in [0.5, 0.6) is 0 Å². The molecule has 0 atom stereocenters. The van der Waals surface area contributed by atoms with Crippen molar-refractivity contribution in [1.29, 1.82) is 0 Å². The first-order valence-corrected chi connectivity index (χ1v) is 17.7. The molecular formula is C47H44N2. The molecule has 0 saturated carbocycles. The van der Waals surface area contributed by atoms with Gasteiger partial charge >= 0.3 is 0 Å². The summed E-state index contributed by atoms with van der Waals surface area (Å²) in [5.74, 6) is 0.938. The van der Waals surface area contributed by atoms with E-state index in [1.165, 1.54) is 61.3 Å². The molecule has 0 bridgehead atoms. The van der Waals surface area contributed by atoms with Gasteiger partial charge in [-0.3, -0.25) is 4.57 Å². The monoisotopic (exact) mass is 636 g/mol. The van der Waals surface area contributed by atoms with Gasteiger partial charge in [-0.2, -0.15) is 0 Å². The Morgan fingerprint density at radius 2 is 0.918 bits per heavy atom. The summed E-state index contributed by atoms with van der Waals surface area (Å²) in [5.41, 5.74) is 16.8. The second-order valence-electron chi connectivity index (χ2n) is 13.2. The van der Waals surface area contributed by atoms with Crippen molar-refractivity contribution in [2.75, 3.05) is 0 Å². The van der Waals surface area contributed by atoms with E-state index < -0.39 is 0 Å². The number of imidazole rings is 1. The van der Waals surface area contributed by atoms with Crippen LogP contribution in [0.3, 0.4) is 0 Å². The fourth-order valence-electron chi connectivity index (χ4n) is 6.96. The van der Waals surface area contributed by atoms with Gasteiger partial charge in [0.05, 0.1) is 11.4 Å². The molecule has 49 heavy (non-hydrogen) atoms. The first kappa shape index (κ1) is 32.1. The van der Waals surface area contributed by atoms with Crippen LogP contribution in [0.4, 0.5) is 0 Å². The Morgan fingerprint density at radius 3 is 1.47 bits per heavy atom. The van der Waals surface area contributed by atoms with Gasteiger partial charge < -0.3 is 0 Å². The van der Waals surface area contributed by atoms with Crippen molar-refractivity contribution >= 4 is 0 Å². The minimum Gasteiger partial charge on any atom is -0.299 e. The zero-order valence-electron chi connectivity index (χ0n) is 29.1. The molecule has 2 nitrogen and oxygen atoms in total. The summed E-state index contributed by atoms with van der Waals surface area (Å²) < 4.78 is 2.28. The summed E-state index contributed by atoms with van der Waals surface area (Å²) in [5, 5.41) is 0. The first-order chi connectivity index (χ1) is 24.0. The SMILES string of the molecule is CCCc1ccc(-c2cc(-c3ccc(CCC)cc3)cc(-c3cccc(-c4nc(-c5ccccc5)cn4-c4c(C)cccc4C)c3)c2)cc1. The fraction of sp³-hybridized carbons (Fsp3) is 0.170. The van der Waals surface area contributed by atoms with Gasteiger partial charge in [0.15, 0.2) is 0 Å². The van der Waals surface area contributed by atoms with E-state index in [0.717, 1.165) is 48.3 Å². The molecule has 0 spiro atoms. The number of nitrogens with zero attached hydrogens (tertiary/aromatic N) is 2. The van der Waals surface area contributed by atoms with Gasteiger partial charge in [0.2, 0.25) is 0 Å². The van der Waals surface area contributed by atoms with Crippen molar-refractivity contribution in [3.8, 4) is 61.7 Å². The summed E-state index contributed by atoms with van der Waals surface area (Å²) >= 11 is 0. The third kappa shape index (κ3) is 6.91. The van der Waals surface area contributed by atoms with Crippen molar-refractivity contribution in [3.05, 3.63) is 168 Å². The molecule has 1 aromatic heterocycles. The molecule has 0 amide bonds. The van der Waals surface area contributed by atoms with Crippen LogP contribution in [0.25, 0.3) is 61.7 Å². The van der Waals surface area contributed by atoms with E-state index >= 15 is 0 Å². The first-order valence-electron chi connectivity index (χ1n) is 17.7. The lowest BCUT2D eigenvalue weighted by atomic mass is 9.92. The van der Waals surface area contributed by atoms with Crippen LogP contribution in [0.15, 0.2) is 146 Å². The highest BCUT2D eigenvalue weighted by molar-refractivity contribution is 5.83. The second-order valence-corrected chi connectivity index (χ2v) is 13.2. The molecule has 0 N–H and O–H groups in total. The number of hydrogen-bond acceptors (Lipinski definition) is 1. The van der Waals surface area contributed by atoms with Crippen molar-refractivity contribution < 1.29 is 0 Å². The van der Waals surface area contributed by atoms with Crippen LogP contribution < -0.4 is 0 Å². The third-order valence-corrected chi connectivity index (χ3v) is 9.49. The topological polar surface area (TPSA) is 17.8 Å². The summed E-state index contributed by atoms with van der Waals surface area (Å²) in [6.45, 7) is 8.84. The average molecular weight is 637 g/mol. The molecule has 0 fully saturated rings. The molecule has 1 heterocycles. The molecule has 2 heteroatoms. The number of aryl methyl sites for hydroxylation is 4. The molecule has 7 rings (SSSR count). The van der Waals surface area contributed by atoms with E-state index in [4.69, 9.17) is 4.98 Å². The van der Waals surface area contributed by atoms with Crippen molar-refractivity contribution in [1.82, 2.24) is 9.55 Å². The van der Waals surface area contributed by atoms with Gasteiger partial charge in [-0.05, 0) is 107 Å². The molecule has 0 aliphatic carbocycles. The zero-order chi connectivity index (χ0) is 33.7. The van der Waals surface area contributed by atoms with E-state index in [0.29, 0.717) is 0 Å². The number of hydrogen-bond donors (Lipinski definition) is 0. The van der Waals surface area contributed by atoms with Crippen LogP contribution in [-0.4, -0.2) is 9.55 Å². The van der Waals surface area contributed by atoms with Crippen molar-refractivity contribution in [2.24, 2.45) is 0 Å². The van der Waals surface area contributed by atoms with E-state index in [1.54, 1.807) is 0 Å². The van der Waals surface area contributed by atoms with Gasteiger partial charge in [0.1, 0.15) is 5.82 Å². The molecule has 0 unspecified atom stereocenters. The molecule has 0 aliphatic heterocycles. The summed E-state index contributed by atoms with van der Waals surface area (Å²) in [6, 6.07) is 51.1. The minimum atomic E-state index is 0.938. The third-order valence-electron chi connectivity index (χ3n) is 9.49. The molecule has 242 valence electrons. The Kier molecular flexibility index (Phi) is 9.39. The van der Waals surface area contributed by atoms with Crippen LogP contribution >= 0.6 is 0 Å². The molecule has 7 aromatic rings. The van der Waals surface area contributed by atoms with Crippen LogP contribution in [0, 0.1) is 13.8 Å². The van der Waals surface area contributed by atoms with E-state index in [-0.39, 0.29) is 0 Å². The van der Waals surface area contributed by atoms with E-state index in [9.17, 15) is 0 Å². The Bertz CT molecular complexity index is 2100.